The van der Waals surface area contributed by atoms with E-state index in [1.165, 1.54) is 13.8 Å². The zero-order valence-electron chi connectivity index (χ0n) is 5.89. The van der Waals surface area contributed by atoms with Gasteiger partial charge in [-0.25, -0.2) is 0 Å². The molecule has 0 aliphatic heterocycles. The van der Waals surface area contributed by atoms with Gasteiger partial charge < -0.3 is 10.2 Å². The molecule has 0 fully saturated rings. The van der Waals surface area contributed by atoms with E-state index < -0.39 is 23.2 Å². The van der Waals surface area contributed by atoms with Crippen LogP contribution in [0.25, 0.3) is 0 Å². The van der Waals surface area contributed by atoms with E-state index in [1.807, 2.05) is 0 Å². The average molecular weight is 149 g/mol. The lowest BCUT2D eigenvalue weighted by molar-refractivity contribution is -0.544. The van der Waals surface area contributed by atoms with E-state index in [2.05, 4.69) is 0 Å². The summed E-state index contributed by atoms with van der Waals surface area (Å²) < 4.78 is 0. The minimum Gasteiger partial charge on any atom is -0.386 e. The first kappa shape index (κ1) is 9.32. The number of rotatable bonds is 3. The summed E-state index contributed by atoms with van der Waals surface area (Å²) in [5, 5.41) is 27.6. The van der Waals surface area contributed by atoms with Crippen molar-refractivity contribution in [2.24, 2.45) is 0 Å². The van der Waals surface area contributed by atoms with Crippen molar-refractivity contribution < 1.29 is 15.1 Å². The number of aliphatic hydroxyl groups is 2. The molecule has 0 saturated heterocycles. The maximum atomic E-state index is 10.1. The molecule has 0 aromatic heterocycles. The first-order valence-corrected chi connectivity index (χ1v) is 2.96. The molecule has 2 N–H and O–H groups in total. The van der Waals surface area contributed by atoms with Crippen LogP contribution in [-0.4, -0.2) is 33.4 Å². The molecule has 0 saturated carbocycles. The Morgan fingerprint density at radius 3 is 1.60 bits per heavy atom. The lowest BCUT2D eigenvalue weighted by Crippen LogP contribution is -2.40. The molecule has 5 nitrogen and oxygen atoms in total. The summed E-state index contributed by atoms with van der Waals surface area (Å²) in [5.41, 5.74) is 0. The van der Waals surface area contributed by atoms with E-state index in [0.717, 1.165) is 0 Å². The topological polar surface area (TPSA) is 83.6 Å². The van der Waals surface area contributed by atoms with Crippen molar-refractivity contribution >= 4 is 0 Å². The van der Waals surface area contributed by atoms with Crippen LogP contribution in [0.1, 0.15) is 13.8 Å². The Morgan fingerprint density at radius 1 is 1.30 bits per heavy atom. The van der Waals surface area contributed by atoms with Gasteiger partial charge in [-0.1, -0.05) is 0 Å². The summed E-state index contributed by atoms with van der Waals surface area (Å²) in [5.74, 6) is 0. The lowest BCUT2D eigenvalue weighted by Gasteiger charge is -2.13. The minimum atomic E-state index is -1.28. The van der Waals surface area contributed by atoms with E-state index in [0.29, 0.717) is 0 Å². The van der Waals surface area contributed by atoms with E-state index in [-0.39, 0.29) is 0 Å². The number of hydrogen-bond donors (Lipinski definition) is 2. The van der Waals surface area contributed by atoms with Crippen LogP contribution in [0.3, 0.4) is 0 Å². The Hall–Kier alpha value is -0.680. The van der Waals surface area contributed by atoms with Crippen LogP contribution in [0.4, 0.5) is 0 Å². The Morgan fingerprint density at radius 2 is 1.60 bits per heavy atom. The molecule has 10 heavy (non-hydrogen) atoms. The van der Waals surface area contributed by atoms with Crippen molar-refractivity contribution in [1.82, 2.24) is 0 Å². The first-order chi connectivity index (χ1) is 4.46. The van der Waals surface area contributed by atoms with Gasteiger partial charge in [0.25, 0.3) is 6.04 Å². The van der Waals surface area contributed by atoms with Gasteiger partial charge >= 0.3 is 0 Å². The fourth-order valence-electron chi connectivity index (χ4n) is 0.755. The Labute approximate surface area is 58.4 Å². The van der Waals surface area contributed by atoms with Gasteiger partial charge in [0, 0.05) is 4.92 Å². The summed E-state index contributed by atoms with van der Waals surface area (Å²) in [7, 11) is 0. The van der Waals surface area contributed by atoms with Crippen molar-refractivity contribution in [3.05, 3.63) is 10.1 Å². The van der Waals surface area contributed by atoms with Crippen LogP contribution < -0.4 is 0 Å². The van der Waals surface area contributed by atoms with E-state index in [9.17, 15) is 10.1 Å². The number of nitrogens with zero attached hydrogens (tertiary/aromatic N) is 1. The van der Waals surface area contributed by atoms with Crippen LogP contribution in [-0.2, 0) is 0 Å². The van der Waals surface area contributed by atoms with Gasteiger partial charge in [0.1, 0.15) is 12.2 Å². The van der Waals surface area contributed by atoms with E-state index in [1.54, 1.807) is 0 Å². The Kier molecular flexibility index (Phi) is 3.24. The summed E-state index contributed by atoms with van der Waals surface area (Å²) in [6, 6.07) is -1.28. The molecule has 5 heteroatoms. The quantitative estimate of drug-likeness (QED) is 0.414. The summed E-state index contributed by atoms with van der Waals surface area (Å²) in [6.07, 6.45) is -2.23. The van der Waals surface area contributed by atoms with Crippen molar-refractivity contribution in [2.45, 2.75) is 32.1 Å². The SMILES string of the molecule is CC(O)C(C(C)O)[N+](=O)[O-]. The number of nitro groups is 1. The Bertz CT molecular complexity index is 115. The van der Waals surface area contributed by atoms with Crippen molar-refractivity contribution in [3.63, 3.8) is 0 Å². The summed E-state index contributed by atoms with van der Waals surface area (Å²) in [6.45, 7) is 2.56. The third-order valence-electron chi connectivity index (χ3n) is 1.23. The van der Waals surface area contributed by atoms with Crippen molar-refractivity contribution in [1.29, 1.82) is 0 Å². The van der Waals surface area contributed by atoms with Gasteiger partial charge in [0.05, 0.1) is 0 Å². The molecule has 0 aromatic rings. The molecule has 0 aliphatic carbocycles. The molecular weight excluding hydrogens is 138 g/mol. The standard InChI is InChI=1S/C5H11NO4/c1-3(7)5(4(2)8)6(9)10/h3-5,7-8H,1-2H3. The Balaban J connectivity index is 4.12. The molecule has 0 rings (SSSR count). The van der Waals surface area contributed by atoms with Crippen LogP contribution in [0.15, 0.2) is 0 Å². The molecular formula is C5H11NO4. The first-order valence-electron chi connectivity index (χ1n) is 2.96. The van der Waals surface area contributed by atoms with E-state index >= 15 is 0 Å². The van der Waals surface area contributed by atoms with Gasteiger partial charge in [-0.15, -0.1) is 0 Å². The van der Waals surface area contributed by atoms with Crippen molar-refractivity contribution in [3.8, 4) is 0 Å². The van der Waals surface area contributed by atoms with Crippen LogP contribution in [0.5, 0.6) is 0 Å². The van der Waals surface area contributed by atoms with Crippen LogP contribution in [0.2, 0.25) is 0 Å². The van der Waals surface area contributed by atoms with Gasteiger partial charge in [-0.2, -0.15) is 0 Å². The molecule has 2 atom stereocenters. The maximum absolute atomic E-state index is 10.1. The molecule has 2 unspecified atom stereocenters. The monoisotopic (exact) mass is 149 g/mol. The molecule has 0 heterocycles. The molecule has 0 bridgehead atoms. The smallest absolute Gasteiger partial charge is 0.263 e. The second-order valence-corrected chi connectivity index (χ2v) is 2.26. The largest absolute Gasteiger partial charge is 0.386 e. The molecule has 0 aliphatic rings. The fourth-order valence-corrected chi connectivity index (χ4v) is 0.755. The minimum absolute atomic E-state index is 0.685. The van der Waals surface area contributed by atoms with Gasteiger partial charge in [-0.05, 0) is 13.8 Å². The zero-order chi connectivity index (χ0) is 8.31. The van der Waals surface area contributed by atoms with Crippen LogP contribution in [0, 0.1) is 10.1 Å². The predicted molar refractivity (Wildman–Crippen MR) is 34.1 cm³/mol. The van der Waals surface area contributed by atoms with Gasteiger partial charge in [-0.3, -0.25) is 10.1 Å². The predicted octanol–water partition coefficient (Wildman–Crippen LogP) is -0.607. The second kappa shape index (κ2) is 3.48. The highest BCUT2D eigenvalue weighted by molar-refractivity contribution is 4.68. The maximum Gasteiger partial charge on any atom is 0.263 e. The second-order valence-electron chi connectivity index (χ2n) is 2.26. The highest BCUT2D eigenvalue weighted by atomic mass is 16.6. The normalized spacial score (nSPS) is 19.6. The number of hydrogen-bond acceptors (Lipinski definition) is 4. The zero-order valence-corrected chi connectivity index (χ0v) is 5.89. The van der Waals surface area contributed by atoms with Crippen LogP contribution >= 0.6 is 0 Å². The third-order valence-corrected chi connectivity index (χ3v) is 1.23. The summed E-state index contributed by atoms with van der Waals surface area (Å²) >= 11 is 0. The fraction of sp³-hybridized carbons (Fsp3) is 1.00. The van der Waals surface area contributed by atoms with Crippen molar-refractivity contribution in [2.75, 3.05) is 0 Å². The van der Waals surface area contributed by atoms with Gasteiger partial charge in [0.2, 0.25) is 0 Å². The highest BCUT2D eigenvalue weighted by Gasteiger charge is 2.31. The highest BCUT2D eigenvalue weighted by Crippen LogP contribution is 2.02. The molecule has 0 aromatic carbocycles. The lowest BCUT2D eigenvalue weighted by atomic mass is 10.1. The molecule has 60 valence electrons. The van der Waals surface area contributed by atoms with Gasteiger partial charge in [0.15, 0.2) is 0 Å². The molecule has 0 radical (unpaired) electrons. The molecule has 0 amide bonds. The van der Waals surface area contributed by atoms with E-state index in [4.69, 9.17) is 10.2 Å². The third kappa shape index (κ3) is 2.28. The molecule has 0 spiro atoms. The summed E-state index contributed by atoms with van der Waals surface area (Å²) in [4.78, 5) is 9.38. The number of aliphatic hydroxyl groups excluding tert-OH is 2. The average Bonchev–Trinajstić information content (AvgIpc) is 1.59.